The Hall–Kier alpha value is -8.40. The zero-order valence-electron chi connectivity index (χ0n) is 53.7. The van der Waals surface area contributed by atoms with E-state index in [1.165, 1.54) is 82.0 Å². The van der Waals surface area contributed by atoms with Crippen molar-refractivity contribution in [2.45, 2.75) is 142 Å². The summed E-state index contributed by atoms with van der Waals surface area (Å²) in [7, 11) is 8.90. The number of hydrogen-bond acceptors (Lipinski definition) is 15. The van der Waals surface area contributed by atoms with Crippen LogP contribution in [0.5, 0.6) is 11.5 Å². The third-order valence-corrected chi connectivity index (χ3v) is 16.0. The van der Waals surface area contributed by atoms with Gasteiger partial charge in [-0.1, -0.05) is 88.9 Å². The summed E-state index contributed by atoms with van der Waals surface area (Å²) >= 11 is 0. The first-order valence-electron chi connectivity index (χ1n) is 30.3. The average Bonchev–Trinajstić information content (AvgIpc) is 1.79. The molecule has 0 spiro atoms. The predicted octanol–water partition coefficient (Wildman–Crippen LogP) is 6.65. The van der Waals surface area contributed by atoms with Gasteiger partial charge >= 0.3 is 11.9 Å². The lowest BCUT2D eigenvalue weighted by Crippen LogP contribution is -2.60. The minimum atomic E-state index is -1.52. The fraction of sp³-hybridized carbons (Fsp3) is 0.522. The van der Waals surface area contributed by atoms with Crippen LogP contribution in [0.3, 0.4) is 0 Å². The van der Waals surface area contributed by atoms with Gasteiger partial charge in [-0.25, -0.2) is 9.59 Å². The van der Waals surface area contributed by atoms with Gasteiger partial charge in [-0.05, 0) is 124 Å². The van der Waals surface area contributed by atoms with Gasteiger partial charge in [-0.15, -0.1) is 0 Å². The molecule has 2 aliphatic rings. The maximum absolute atomic E-state index is 15.0. The van der Waals surface area contributed by atoms with E-state index in [-0.39, 0.29) is 76.1 Å². The van der Waals surface area contributed by atoms with Gasteiger partial charge in [0.15, 0.2) is 11.5 Å². The maximum Gasteiger partial charge on any atom is 0.330 e. The van der Waals surface area contributed by atoms with Crippen LogP contribution in [0.2, 0.25) is 0 Å². The molecule has 2 aliphatic heterocycles. The molecule has 0 aliphatic carbocycles. The van der Waals surface area contributed by atoms with Gasteiger partial charge in [0.25, 0.3) is 5.91 Å². The molecule has 6 atom stereocenters. The van der Waals surface area contributed by atoms with Crippen LogP contribution in [0.4, 0.5) is 5.69 Å². The molecule has 3 aromatic carbocycles. The lowest BCUT2D eigenvalue weighted by Gasteiger charge is -2.36. The Morgan fingerprint density at radius 1 is 0.764 bits per heavy atom. The smallest absolute Gasteiger partial charge is 0.330 e. The van der Waals surface area contributed by atoms with Crippen LogP contribution >= 0.6 is 0 Å². The molecular formula is C67H91N7O15. The highest BCUT2D eigenvalue weighted by Crippen LogP contribution is 2.33. The number of rotatable bonds is 13. The minimum Gasteiger partial charge on any atom is -0.493 e. The highest BCUT2D eigenvalue weighted by molar-refractivity contribution is 6.38. The fourth-order valence-corrected chi connectivity index (χ4v) is 10.7. The number of benzene rings is 3. The number of fused-ring (bicyclic) bond motifs is 3. The number of hydrogen-bond donors (Lipinski definition) is 3. The summed E-state index contributed by atoms with van der Waals surface area (Å²) < 4.78 is 28.1. The number of carbonyl (C=O) groups is 10. The van der Waals surface area contributed by atoms with E-state index in [2.05, 4.69) is 22.5 Å². The first-order valence-corrected chi connectivity index (χ1v) is 30.3. The molecule has 0 radical (unpaired) electrons. The first-order chi connectivity index (χ1) is 42.2. The molecule has 22 nitrogen and oxygen atoms in total. The average molecular weight is 1230 g/mol. The minimum absolute atomic E-state index is 0.0597. The molecule has 3 aromatic rings. The Morgan fingerprint density at radius 3 is 2.13 bits per heavy atom. The zero-order valence-corrected chi connectivity index (χ0v) is 53.7. The molecule has 0 aromatic heterocycles. The highest BCUT2D eigenvalue weighted by atomic mass is 16.5. The number of likely N-dealkylation sites (N-methyl/N-ethyl adjacent to an activating group) is 3. The van der Waals surface area contributed by atoms with Crippen molar-refractivity contribution < 1.29 is 71.6 Å². The lowest BCUT2D eigenvalue weighted by atomic mass is 9.87. The standard InChI is InChI=1S/C67H91N7O15/c1-42(2)38-51-61(79)70-58(44(5)46-22-15-14-16-23-46)64(82)73(10)59(43(3)4)62(80)69-49(34-37-85-11)63(81)71(8)35-19-18-27-57(77)88-41-67(6,7)60(78)65(83)74-36-20-17-26-50(74)66(84)89-52(30-28-45-29-31-53(86-12)54(39-45)87-13)47-24-21-25-48(40-47)68-55(75)32-33-56(76)72(51)9/h14-16,18,21-25,27,29,31,39-40,42-43,49-52,58-59H,5,17,19-20,26,28,30,32-38,41H2,1-4,6-13H3,(H,68,75)(H,69,80)(H,70,79)/b27-18-/t49-,50-,51-,52+,58+,59-/m0/s1. The Balaban J connectivity index is 1.52. The van der Waals surface area contributed by atoms with Crippen LogP contribution in [0.25, 0.3) is 5.57 Å². The number of nitrogens with one attached hydrogen (secondary N) is 3. The largest absolute Gasteiger partial charge is 0.493 e. The number of amides is 7. The van der Waals surface area contributed by atoms with Gasteiger partial charge < -0.3 is 59.2 Å². The van der Waals surface area contributed by atoms with Gasteiger partial charge in [0.05, 0.1) is 19.6 Å². The van der Waals surface area contributed by atoms with Gasteiger partial charge in [0, 0.05) is 72.6 Å². The number of anilines is 1. The molecule has 0 unspecified atom stereocenters. The quantitative estimate of drug-likeness (QED) is 0.119. The number of carbonyl (C=O) groups excluding carboxylic acids is 10. The monoisotopic (exact) mass is 1230 g/mol. The fourth-order valence-electron chi connectivity index (χ4n) is 10.7. The molecule has 1 fully saturated rings. The number of esters is 2. The number of ketones is 1. The molecule has 3 N–H and O–H groups in total. The summed E-state index contributed by atoms with van der Waals surface area (Å²) in [5, 5.41) is 8.56. The van der Waals surface area contributed by atoms with E-state index in [9.17, 15) is 43.2 Å². The van der Waals surface area contributed by atoms with E-state index >= 15 is 4.79 Å². The predicted molar refractivity (Wildman–Crippen MR) is 335 cm³/mol. The summed E-state index contributed by atoms with van der Waals surface area (Å²) in [6.07, 6.45) is 3.32. The number of nitrogens with zero attached hydrogens (tertiary/aromatic N) is 4. The SMILES string of the molecule is C=C(c1ccccc1)[C@H]1NC(=O)[C@H](CC(C)C)N(C)C(=O)CCC(=O)Nc2cccc(c2)[C@@H](CCc2ccc(OC)c(OC)c2)OC(=O)[C@@H]2CCCCN2C(=O)C(=O)C(C)(C)COC(=O)/C=C\CCN(C)C(=O)[C@H](CCOC)NC(=O)[C@H](C(C)C)N(C)C1=O. The highest BCUT2D eigenvalue weighted by Gasteiger charge is 2.43. The Bertz CT molecular complexity index is 3040. The summed E-state index contributed by atoms with van der Waals surface area (Å²) in [4.78, 5) is 147. The second-order valence-electron chi connectivity index (χ2n) is 24.1. The van der Waals surface area contributed by atoms with E-state index < -0.39 is 113 Å². The zero-order chi connectivity index (χ0) is 65.7. The topological polar surface area (TPSA) is 266 Å². The third kappa shape index (κ3) is 20.1. The molecule has 7 amide bonds. The van der Waals surface area contributed by atoms with Crippen molar-refractivity contribution in [1.29, 1.82) is 0 Å². The second kappa shape index (κ2) is 33.8. The summed E-state index contributed by atoms with van der Waals surface area (Å²) in [6.45, 7) is 14.2. The van der Waals surface area contributed by atoms with E-state index in [0.717, 1.165) is 11.6 Å². The molecule has 1 saturated heterocycles. The van der Waals surface area contributed by atoms with Crippen molar-refractivity contribution in [2.24, 2.45) is 17.3 Å². The van der Waals surface area contributed by atoms with Crippen molar-refractivity contribution >= 4 is 70.3 Å². The van der Waals surface area contributed by atoms with Gasteiger partial charge in [0.1, 0.15) is 42.9 Å². The van der Waals surface area contributed by atoms with Gasteiger partial charge in [0.2, 0.25) is 41.2 Å². The number of aryl methyl sites for hydroxylation is 1. The molecule has 89 heavy (non-hydrogen) atoms. The normalized spacial score (nSPS) is 22.8. The van der Waals surface area contributed by atoms with Crippen LogP contribution in [0, 0.1) is 17.3 Å². The number of Topliss-reactive ketones (excluding diaryl/α,β-unsaturated/α-hetero) is 1. The number of ether oxygens (including phenoxy) is 5. The summed E-state index contributed by atoms with van der Waals surface area (Å²) in [5.41, 5.74) is 0.845. The molecule has 2 heterocycles. The molecule has 2 bridgehead atoms. The van der Waals surface area contributed by atoms with Crippen molar-refractivity contribution in [3.8, 4) is 11.5 Å². The van der Waals surface area contributed by atoms with E-state index in [0.29, 0.717) is 47.6 Å². The van der Waals surface area contributed by atoms with Crippen molar-refractivity contribution in [1.82, 2.24) is 30.2 Å². The number of piperidine rings is 1. The van der Waals surface area contributed by atoms with Gasteiger partial charge in [-0.3, -0.25) is 38.4 Å². The molecule has 5 rings (SSSR count). The Morgan fingerprint density at radius 2 is 1.47 bits per heavy atom. The first kappa shape index (κ1) is 71.4. The Kier molecular flexibility index (Phi) is 27.1. The molecule has 0 saturated carbocycles. The van der Waals surface area contributed by atoms with Crippen molar-refractivity contribution in [2.75, 3.05) is 74.1 Å². The van der Waals surface area contributed by atoms with E-state index in [1.807, 2.05) is 26.0 Å². The number of methoxy groups -OCH3 is 3. The van der Waals surface area contributed by atoms with Crippen molar-refractivity contribution in [3.63, 3.8) is 0 Å². The number of cyclic esters (lactones) is 2. The summed E-state index contributed by atoms with van der Waals surface area (Å²) in [6, 6.07) is 14.8. The maximum atomic E-state index is 15.0. The van der Waals surface area contributed by atoms with Gasteiger partial charge in [-0.2, -0.15) is 0 Å². The molecule has 22 heteroatoms. The Labute approximate surface area is 523 Å². The molecule has 484 valence electrons. The van der Waals surface area contributed by atoms with Crippen LogP contribution in [-0.4, -0.2) is 178 Å². The van der Waals surface area contributed by atoms with E-state index in [1.54, 1.807) is 74.5 Å². The third-order valence-electron chi connectivity index (χ3n) is 16.0. The summed E-state index contributed by atoms with van der Waals surface area (Å²) in [5.74, 6) is -6.65. The van der Waals surface area contributed by atoms with Crippen LogP contribution in [0.15, 0.2) is 91.5 Å². The van der Waals surface area contributed by atoms with Crippen molar-refractivity contribution in [3.05, 3.63) is 108 Å². The van der Waals surface area contributed by atoms with Crippen LogP contribution in [-0.2, 0) is 68.6 Å². The lowest BCUT2D eigenvalue weighted by molar-refractivity contribution is -0.165. The van der Waals surface area contributed by atoms with E-state index in [4.69, 9.17) is 23.7 Å². The van der Waals surface area contributed by atoms with Crippen LogP contribution < -0.4 is 25.4 Å². The van der Waals surface area contributed by atoms with Crippen LogP contribution in [0.1, 0.15) is 122 Å². The molecular weight excluding hydrogens is 1140 g/mol. The second-order valence-corrected chi connectivity index (χ2v) is 24.1.